The minimum Gasteiger partial charge on any atom is -0.381 e. The van der Waals surface area contributed by atoms with E-state index in [1.165, 1.54) is 23.6 Å². The first kappa shape index (κ1) is 25.6. The van der Waals surface area contributed by atoms with E-state index in [-0.39, 0.29) is 16.1 Å². The smallest absolute Gasteiger partial charge is 0.265 e. The van der Waals surface area contributed by atoms with Crippen molar-refractivity contribution in [1.82, 2.24) is 14.5 Å². The fourth-order valence-electron chi connectivity index (χ4n) is 4.28. The molecule has 0 bridgehead atoms. The van der Waals surface area contributed by atoms with Crippen LogP contribution in [0.25, 0.3) is 11.0 Å². The van der Waals surface area contributed by atoms with Crippen molar-refractivity contribution in [2.24, 2.45) is 5.92 Å². The molecule has 1 saturated heterocycles. The lowest BCUT2D eigenvalue weighted by atomic mass is 9.94. The molecule has 0 aliphatic carbocycles. The second-order valence-electron chi connectivity index (χ2n) is 9.76. The molecule has 3 heterocycles. The third kappa shape index (κ3) is 5.22. The normalized spacial score (nSPS) is 15.3. The summed E-state index contributed by atoms with van der Waals surface area (Å²) in [6, 6.07) is 6.99. The molecule has 188 valence electrons. The van der Waals surface area contributed by atoms with Gasteiger partial charge in [0.05, 0.1) is 21.2 Å². The number of benzene rings is 1. The van der Waals surface area contributed by atoms with Crippen LogP contribution in [0.15, 0.2) is 39.8 Å². The number of rotatable bonds is 7. The van der Waals surface area contributed by atoms with Crippen molar-refractivity contribution in [2.75, 3.05) is 29.9 Å². The first-order valence-corrected chi connectivity index (χ1v) is 13.7. The average molecular weight is 565 g/mol. The number of anilines is 2. The number of carbonyl (C=O) groups is 1. The molecule has 0 unspecified atom stereocenters. The van der Waals surface area contributed by atoms with Crippen LogP contribution in [0.3, 0.4) is 0 Å². The molecule has 2 aromatic heterocycles. The van der Waals surface area contributed by atoms with Crippen molar-refractivity contribution < 1.29 is 17.9 Å². The SMILES string of the molecule is CN(c1ccc2c(c1)nc(C(C)(C)C)n2CC1CCOCC1)S(=O)(=O)c1cnc(NC=O)c(Br)c1. The van der Waals surface area contributed by atoms with Crippen LogP contribution in [0.4, 0.5) is 11.5 Å². The van der Waals surface area contributed by atoms with Crippen LogP contribution in [0.1, 0.15) is 39.4 Å². The molecule has 0 spiro atoms. The molecule has 0 saturated carbocycles. The van der Waals surface area contributed by atoms with Gasteiger partial charge in [0.25, 0.3) is 10.0 Å². The average Bonchev–Trinajstić information content (AvgIpc) is 3.18. The molecule has 1 aliphatic rings. The van der Waals surface area contributed by atoms with Crippen molar-refractivity contribution >= 4 is 54.9 Å². The number of halogens is 1. The van der Waals surface area contributed by atoms with E-state index in [0.717, 1.165) is 49.5 Å². The van der Waals surface area contributed by atoms with Gasteiger partial charge in [0.2, 0.25) is 6.41 Å². The van der Waals surface area contributed by atoms with E-state index in [1.807, 2.05) is 12.1 Å². The number of sulfonamides is 1. The van der Waals surface area contributed by atoms with Crippen LogP contribution in [0, 0.1) is 5.92 Å². The molecule has 1 aromatic carbocycles. The highest BCUT2D eigenvalue weighted by molar-refractivity contribution is 9.10. The van der Waals surface area contributed by atoms with Crippen molar-refractivity contribution in [3.05, 3.63) is 40.8 Å². The molecule has 9 nitrogen and oxygen atoms in total. The third-order valence-corrected chi connectivity index (χ3v) is 8.57. The summed E-state index contributed by atoms with van der Waals surface area (Å²) in [5, 5.41) is 2.42. The molecule has 3 aromatic rings. The maximum absolute atomic E-state index is 13.3. The number of amides is 1. The number of ether oxygens (including phenoxy) is 1. The maximum atomic E-state index is 13.3. The Balaban J connectivity index is 1.70. The number of nitrogens with zero attached hydrogens (tertiary/aromatic N) is 4. The van der Waals surface area contributed by atoms with Gasteiger partial charge < -0.3 is 14.6 Å². The van der Waals surface area contributed by atoms with Crippen LogP contribution in [-0.2, 0) is 31.5 Å². The van der Waals surface area contributed by atoms with E-state index in [2.05, 4.69) is 51.6 Å². The van der Waals surface area contributed by atoms with Crippen molar-refractivity contribution in [3.63, 3.8) is 0 Å². The van der Waals surface area contributed by atoms with Crippen molar-refractivity contribution in [1.29, 1.82) is 0 Å². The van der Waals surface area contributed by atoms with Gasteiger partial charge in [-0.25, -0.2) is 18.4 Å². The zero-order valence-electron chi connectivity index (χ0n) is 20.3. The maximum Gasteiger partial charge on any atom is 0.265 e. The van der Waals surface area contributed by atoms with Crippen molar-refractivity contribution in [2.45, 2.75) is 50.5 Å². The number of imidazole rings is 1. The van der Waals surface area contributed by atoms with Gasteiger partial charge in [-0.2, -0.15) is 0 Å². The second kappa shape index (κ2) is 9.87. The zero-order chi connectivity index (χ0) is 25.4. The standard InChI is InChI=1S/C24H30BrN5O4S/c1-24(2,3)23-28-20-11-17(5-6-21(20)30(23)14-16-7-9-34-10-8-16)29(4)35(32,33)18-12-19(25)22(26-13-18)27-15-31/h5-6,11-13,15-16H,7-10,14H2,1-4H3,(H,26,27,31). The summed E-state index contributed by atoms with van der Waals surface area (Å²) in [5.74, 6) is 1.74. The Morgan fingerprint density at radius 2 is 1.97 bits per heavy atom. The van der Waals surface area contributed by atoms with E-state index in [0.29, 0.717) is 22.5 Å². The Morgan fingerprint density at radius 1 is 1.26 bits per heavy atom. The van der Waals surface area contributed by atoms with Crippen molar-refractivity contribution in [3.8, 4) is 0 Å². The van der Waals surface area contributed by atoms with Gasteiger partial charge in [0.15, 0.2) is 0 Å². The largest absolute Gasteiger partial charge is 0.381 e. The zero-order valence-corrected chi connectivity index (χ0v) is 22.7. The Bertz CT molecular complexity index is 1340. The number of pyridine rings is 1. The molecule has 4 rings (SSSR count). The quantitative estimate of drug-likeness (QED) is 0.429. The molecular formula is C24H30BrN5O4S. The van der Waals surface area contributed by atoms with E-state index in [4.69, 9.17) is 9.72 Å². The minimum absolute atomic E-state index is 0.00356. The topological polar surface area (TPSA) is 106 Å². The number of carbonyl (C=O) groups excluding carboxylic acids is 1. The summed E-state index contributed by atoms with van der Waals surface area (Å²) in [7, 11) is -2.39. The monoisotopic (exact) mass is 563 g/mol. The summed E-state index contributed by atoms with van der Waals surface area (Å²) in [5.41, 5.74) is 2.08. The minimum atomic E-state index is -3.89. The van der Waals surface area contributed by atoms with Crippen LogP contribution in [0.2, 0.25) is 0 Å². The van der Waals surface area contributed by atoms with Crippen LogP contribution in [0.5, 0.6) is 0 Å². The molecule has 1 fully saturated rings. The fraction of sp³-hybridized carbons (Fsp3) is 0.458. The predicted molar refractivity (Wildman–Crippen MR) is 139 cm³/mol. The van der Waals surface area contributed by atoms with Crippen LogP contribution < -0.4 is 9.62 Å². The number of fused-ring (bicyclic) bond motifs is 1. The third-order valence-electron chi connectivity index (χ3n) is 6.22. The molecule has 0 radical (unpaired) electrons. The highest BCUT2D eigenvalue weighted by Gasteiger charge is 2.27. The summed E-state index contributed by atoms with van der Waals surface area (Å²) in [6.07, 6.45) is 3.75. The van der Waals surface area contributed by atoms with Gasteiger partial charge in [-0.15, -0.1) is 0 Å². The molecule has 0 atom stereocenters. The van der Waals surface area contributed by atoms with Gasteiger partial charge in [-0.3, -0.25) is 9.10 Å². The van der Waals surface area contributed by atoms with E-state index in [9.17, 15) is 13.2 Å². The molecule has 11 heteroatoms. The van der Waals surface area contributed by atoms with Gasteiger partial charge in [-0.05, 0) is 59.0 Å². The lowest BCUT2D eigenvalue weighted by Crippen LogP contribution is -2.26. The first-order chi connectivity index (χ1) is 16.5. The Hall–Kier alpha value is -2.50. The van der Waals surface area contributed by atoms with Crippen LogP contribution in [-0.4, -0.2) is 49.6 Å². The second-order valence-corrected chi connectivity index (χ2v) is 12.6. The van der Waals surface area contributed by atoms with E-state index < -0.39 is 10.0 Å². The highest BCUT2D eigenvalue weighted by atomic mass is 79.9. The summed E-state index contributed by atoms with van der Waals surface area (Å²) in [4.78, 5) is 19.7. The first-order valence-electron chi connectivity index (χ1n) is 11.5. The number of nitrogens with one attached hydrogen (secondary N) is 1. The fourth-order valence-corrected chi connectivity index (χ4v) is 6.05. The Labute approximate surface area is 214 Å². The van der Waals surface area contributed by atoms with Crippen LogP contribution >= 0.6 is 15.9 Å². The molecular weight excluding hydrogens is 534 g/mol. The number of hydrogen-bond donors (Lipinski definition) is 1. The van der Waals surface area contributed by atoms with Gasteiger partial charge in [0.1, 0.15) is 16.5 Å². The molecule has 1 aliphatic heterocycles. The van der Waals surface area contributed by atoms with E-state index >= 15 is 0 Å². The molecule has 35 heavy (non-hydrogen) atoms. The summed E-state index contributed by atoms with van der Waals surface area (Å²) >= 11 is 3.26. The lowest BCUT2D eigenvalue weighted by Gasteiger charge is -2.26. The Morgan fingerprint density at radius 3 is 2.60 bits per heavy atom. The lowest BCUT2D eigenvalue weighted by molar-refractivity contribution is -0.105. The summed E-state index contributed by atoms with van der Waals surface area (Å²) < 4.78 is 36.0. The van der Waals surface area contributed by atoms with E-state index in [1.54, 1.807) is 6.07 Å². The highest BCUT2D eigenvalue weighted by Crippen LogP contribution is 2.33. The predicted octanol–water partition coefficient (Wildman–Crippen LogP) is 4.31. The molecule has 1 amide bonds. The summed E-state index contributed by atoms with van der Waals surface area (Å²) in [6.45, 7) is 8.85. The van der Waals surface area contributed by atoms with Gasteiger partial charge in [0, 0.05) is 38.4 Å². The number of aromatic nitrogens is 3. The van der Waals surface area contributed by atoms with Gasteiger partial charge in [-0.1, -0.05) is 20.8 Å². The number of hydrogen-bond acceptors (Lipinski definition) is 6. The van der Waals surface area contributed by atoms with Gasteiger partial charge >= 0.3 is 0 Å². The Kier molecular flexibility index (Phi) is 7.21. The molecule has 1 N–H and O–H groups in total.